The Morgan fingerprint density at radius 3 is 1.00 bits per heavy atom. The van der Waals surface area contributed by atoms with Gasteiger partial charge in [-0.3, -0.25) is 0 Å². The summed E-state index contributed by atoms with van der Waals surface area (Å²) in [6.45, 7) is 7.31. The number of para-hydroxylation sites is 2. The Bertz CT molecular complexity index is 470. The van der Waals surface area contributed by atoms with Crippen molar-refractivity contribution < 1.29 is 31.1 Å². The van der Waals surface area contributed by atoms with Gasteiger partial charge in [-0.05, 0) is 27.7 Å². The summed E-state index contributed by atoms with van der Waals surface area (Å²) >= 11 is -0.826. The average Bonchev–Trinajstić information content (AvgIpc) is 2.44. The van der Waals surface area contributed by atoms with E-state index in [4.69, 9.17) is 17.0 Å². The van der Waals surface area contributed by atoms with Crippen molar-refractivity contribution in [2.24, 2.45) is 0 Å². The van der Waals surface area contributed by atoms with E-state index in [1.165, 1.54) is 0 Å². The van der Waals surface area contributed by atoms with Crippen molar-refractivity contribution in [3.05, 3.63) is 58.7 Å². The van der Waals surface area contributed by atoms with Crippen LogP contribution in [0.3, 0.4) is 0 Å². The van der Waals surface area contributed by atoms with E-state index in [2.05, 4.69) is 0 Å². The molecule has 0 atom stereocenters. The summed E-state index contributed by atoms with van der Waals surface area (Å²) in [7, 11) is 9.87. The van der Waals surface area contributed by atoms with Gasteiger partial charge in [-0.1, -0.05) is 58.7 Å². The molecule has 21 heavy (non-hydrogen) atoms. The van der Waals surface area contributed by atoms with Crippen LogP contribution < -0.4 is 10.2 Å². The molecule has 112 valence electrons. The summed E-state index contributed by atoms with van der Waals surface area (Å²) in [6, 6.07) is 11.1. The summed E-state index contributed by atoms with van der Waals surface area (Å²) in [5.41, 5.74) is 3.31. The maximum absolute atomic E-state index is 11.0. The van der Waals surface area contributed by atoms with Crippen LogP contribution in [0.4, 0.5) is 0 Å². The SMILES string of the molecule is Cc1cccc(C)c1[O-].Cc1cccc(C)c1[O-].[Cl][Zr+2][Cl]. The van der Waals surface area contributed by atoms with E-state index in [1.54, 1.807) is 0 Å². The minimum atomic E-state index is -0.826. The molecular weight excluding hydrogens is 386 g/mol. The third-order valence-corrected chi connectivity index (χ3v) is 2.82. The molecule has 0 aliphatic heterocycles. The molecule has 0 radical (unpaired) electrons. The molecule has 0 spiro atoms. The molecule has 0 bridgehead atoms. The van der Waals surface area contributed by atoms with E-state index < -0.39 is 20.8 Å². The normalized spacial score (nSPS) is 8.67. The first-order chi connectivity index (χ1) is 9.84. The molecule has 0 amide bonds. The van der Waals surface area contributed by atoms with Gasteiger partial charge in [-0.15, -0.1) is 11.5 Å². The maximum atomic E-state index is 11.0. The van der Waals surface area contributed by atoms with E-state index in [0.717, 1.165) is 22.3 Å². The standard InChI is InChI=1S/2C8H10O.2ClH.Zr/c2*1-6-4-3-5-7(2)8(6)9;;;/h2*3-5,9H,1-2H3;2*1H;/q;;;;+4/p-4. The van der Waals surface area contributed by atoms with Crippen LogP contribution in [0.25, 0.3) is 0 Å². The first-order valence-electron chi connectivity index (χ1n) is 6.27. The molecule has 0 fully saturated rings. The molecular formula is C16H18Cl2O2Zr. The topological polar surface area (TPSA) is 46.1 Å². The molecule has 0 unspecified atom stereocenters. The molecule has 0 saturated heterocycles. The van der Waals surface area contributed by atoms with Gasteiger partial charge >= 0.3 is 37.9 Å². The van der Waals surface area contributed by atoms with Gasteiger partial charge in [-0.25, -0.2) is 0 Å². The quantitative estimate of drug-likeness (QED) is 0.663. The van der Waals surface area contributed by atoms with Crippen LogP contribution in [0.1, 0.15) is 22.3 Å². The van der Waals surface area contributed by atoms with Crippen LogP contribution in [0.15, 0.2) is 36.4 Å². The van der Waals surface area contributed by atoms with Crippen LogP contribution in [0, 0.1) is 27.7 Å². The van der Waals surface area contributed by atoms with E-state index in [1.807, 2.05) is 64.1 Å². The molecule has 0 saturated carbocycles. The third kappa shape index (κ3) is 7.90. The Morgan fingerprint density at radius 1 is 0.667 bits per heavy atom. The van der Waals surface area contributed by atoms with Crippen molar-refractivity contribution in [2.75, 3.05) is 0 Å². The Balaban J connectivity index is 0.000000322. The molecule has 0 heterocycles. The first kappa shape index (κ1) is 20.5. The molecule has 2 aromatic rings. The molecule has 2 aromatic carbocycles. The zero-order chi connectivity index (χ0) is 16.4. The summed E-state index contributed by atoms with van der Waals surface area (Å²) in [5.74, 6) is 0.329. The van der Waals surface area contributed by atoms with Gasteiger partial charge in [0.2, 0.25) is 0 Å². The fraction of sp³-hybridized carbons (Fsp3) is 0.250. The van der Waals surface area contributed by atoms with Gasteiger partial charge in [0, 0.05) is 0 Å². The summed E-state index contributed by atoms with van der Waals surface area (Å²) < 4.78 is 0. The molecule has 5 heteroatoms. The first-order valence-corrected chi connectivity index (χ1v) is 12.6. The number of aryl methyl sites for hydroxylation is 4. The van der Waals surface area contributed by atoms with Crippen molar-refractivity contribution in [2.45, 2.75) is 27.7 Å². The molecule has 0 aliphatic carbocycles. The van der Waals surface area contributed by atoms with Crippen LogP contribution in [0.5, 0.6) is 11.5 Å². The number of hydrogen-bond donors (Lipinski definition) is 0. The molecule has 0 aromatic heterocycles. The van der Waals surface area contributed by atoms with E-state index in [9.17, 15) is 10.2 Å². The predicted molar refractivity (Wildman–Crippen MR) is 82.4 cm³/mol. The average molecular weight is 404 g/mol. The monoisotopic (exact) mass is 402 g/mol. The Hall–Kier alpha value is -0.497. The second kappa shape index (κ2) is 11.1. The number of rotatable bonds is 0. The van der Waals surface area contributed by atoms with Crippen LogP contribution in [-0.2, 0) is 20.8 Å². The summed E-state index contributed by atoms with van der Waals surface area (Å²) in [4.78, 5) is 0. The van der Waals surface area contributed by atoms with Gasteiger partial charge < -0.3 is 10.2 Å². The van der Waals surface area contributed by atoms with Crippen LogP contribution >= 0.6 is 17.0 Å². The minimum absolute atomic E-state index is 0.164. The molecule has 2 rings (SSSR count). The van der Waals surface area contributed by atoms with Crippen LogP contribution in [-0.4, -0.2) is 0 Å². The van der Waals surface area contributed by atoms with Crippen molar-refractivity contribution in [3.63, 3.8) is 0 Å². The van der Waals surface area contributed by atoms with Crippen molar-refractivity contribution in [1.82, 2.24) is 0 Å². The Morgan fingerprint density at radius 2 is 0.857 bits per heavy atom. The van der Waals surface area contributed by atoms with Gasteiger partial charge in [-0.2, -0.15) is 0 Å². The summed E-state index contributed by atoms with van der Waals surface area (Å²) in [6.07, 6.45) is 0. The van der Waals surface area contributed by atoms with Gasteiger partial charge in [0.15, 0.2) is 0 Å². The van der Waals surface area contributed by atoms with Gasteiger partial charge in [0.05, 0.1) is 0 Å². The number of benzene rings is 2. The zero-order valence-corrected chi connectivity index (χ0v) is 16.5. The number of halogens is 2. The second-order valence-electron chi connectivity index (χ2n) is 4.51. The van der Waals surface area contributed by atoms with Crippen molar-refractivity contribution >= 4 is 17.0 Å². The van der Waals surface area contributed by atoms with Crippen molar-refractivity contribution in [1.29, 1.82) is 0 Å². The second-order valence-corrected chi connectivity index (χ2v) is 8.25. The molecule has 2 nitrogen and oxygen atoms in total. The van der Waals surface area contributed by atoms with Gasteiger partial charge in [0.1, 0.15) is 0 Å². The Labute approximate surface area is 145 Å². The number of hydrogen-bond acceptors (Lipinski definition) is 2. The van der Waals surface area contributed by atoms with Gasteiger partial charge in [0.25, 0.3) is 0 Å². The fourth-order valence-corrected chi connectivity index (χ4v) is 1.60. The van der Waals surface area contributed by atoms with E-state index >= 15 is 0 Å². The molecule has 0 aliphatic rings. The Kier molecular flexibility index (Phi) is 10.9. The van der Waals surface area contributed by atoms with E-state index in [-0.39, 0.29) is 11.5 Å². The fourth-order valence-electron chi connectivity index (χ4n) is 1.60. The summed E-state index contributed by atoms with van der Waals surface area (Å²) in [5, 5.41) is 21.9. The van der Waals surface area contributed by atoms with Crippen LogP contribution in [0.2, 0.25) is 0 Å². The predicted octanol–water partition coefficient (Wildman–Crippen LogP) is 4.13. The third-order valence-electron chi connectivity index (χ3n) is 2.82. The zero-order valence-electron chi connectivity index (χ0n) is 12.5. The van der Waals surface area contributed by atoms with Crippen molar-refractivity contribution in [3.8, 4) is 11.5 Å². The van der Waals surface area contributed by atoms with E-state index in [0.29, 0.717) is 0 Å². The molecule has 0 N–H and O–H groups in total.